The molecule has 0 amide bonds. The topological polar surface area (TPSA) is 77.0 Å². The van der Waals surface area contributed by atoms with Crippen LogP contribution in [0, 0.1) is 5.92 Å². The Morgan fingerprint density at radius 2 is 2.14 bits per heavy atom. The van der Waals surface area contributed by atoms with Crippen LogP contribution in [-0.2, 0) is 6.67 Å². The molecule has 2 aromatic rings. The highest BCUT2D eigenvalue weighted by Gasteiger charge is 2.25. The summed E-state index contributed by atoms with van der Waals surface area (Å²) in [6, 6.07) is 7.75. The van der Waals surface area contributed by atoms with E-state index in [1.165, 1.54) is 4.68 Å². The van der Waals surface area contributed by atoms with Crippen LogP contribution < -0.4 is 11.3 Å². The van der Waals surface area contributed by atoms with E-state index < -0.39 is 0 Å². The van der Waals surface area contributed by atoms with E-state index in [0.717, 1.165) is 19.4 Å². The Morgan fingerprint density at radius 1 is 1.33 bits per heavy atom. The Balaban J connectivity index is 1.87. The van der Waals surface area contributed by atoms with Gasteiger partial charge in [0.15, 0.2) is 0 Å². The van der Waals surface area contributed by atoms with Crippen molar-refractivity contribution in [3.05, 3.63) is 34.6 Å². The molecule has 0 spiro atoms. The quantitative estimate of drug-likeness (QED) is 0.904. The van der Waals surface area contributed by atoms with Crippen LogP contribution in [0.4, 0.5) is 0 Å². The standard InChI is InChI=1S/C15H21N5O/c1-11-6-7-12(8-16)9-19(11)10-20-15(21)13-4-2-3-5-14(13)17-18-20/h2-5,11-12H,6-10,16H2,1H3. The fourth-order valence-electron chi connectivity index (χ4n) is 2.94. The van der Waals surface area contributed by atoms with E-state index in [2.05, 4.69) is 22.1 Å². The molecule has 0 aliphatic carbocycles. The third-order valence-corrected chi connectivity index (χ3v) is 4.39. The predicted octanol–water partition coefficient (Wildman–Crippen LogP) is 0.808. The lowest BCUT2D eigenvalue weighted by Crippen LogP contribution is -2.46. The first-order valence-electron chi connectivity index (χ1n) is 7.45. The molecule has 6 heteroatoms. The highest BCUT2D eigenvalue weighted by molar-refractivity contribution is 5.76. The molecule has 21 heavy (non-hydrogen) atoms. The second-order valence-corrected chi connectivity index (χ2v) is 5.85. The monoisotopic (exact) mass is 287 g/mol. The Hall–Kier alpha value is -1.79. The van der Waals surface area contributed by atoms with Crippen LogP contribution in [0.2, 0.25) is 0 Å². The molecule has 0 radical (unpaired) electrons. The number of rotatable bonds is 3. The van der Waals surface area contributed by atoms with Crippen molar-refractivity contribution in [3.8, 4) is 0 Å². The van der Waals surface area contributed by atoms with Gasteiger partial charge in [-0.25, -0.2) is 0 Å². The van der Waals surface area contributed by atoms with Gasteiger partial charge in [0.2, 0.25) is 0 Å². The van der Waals surface area contributed by atoms with Gasteiger partial charge >= 0.3 is 0 Å². The van der Waals surface area contributed by atoms with Gasteiger partial charge in [-0.2, -0.15) is 4.68 Å². The summed E-state index contributed by atoms with van der Waals surface area (Å²) >= 11 is 0. The number of hydrogen-bond acceptors (Lipinski definition) is 5. The molecule has 1 fully saturated rings. The zero-order chi connectivity index (χ0) is 14.8. The molecular weight excluding hydrogens is 266 g/mol. The average Bonchev–Trinajstić information content (AvgIpc) is 2.52. The Kier molecular flexibility index (Phi) is 3.98. The van der Waals surface area contributed by atoms with Crippen LogP contribution in [0.5, 0.6) is 0 Å². The van der Waals surface area contributed by atoms with Crippen molar-refractivity contribution >= 4 is 10.9 Å². The number of hydrogen-bond donors (Lipinski definition) is 1. The van der Waals surface area contributed by atoms with Crippen LogP contribution >= 0.6 is 0 Å². The highest BCUT2D eigenvalue weighted by atomic mass is 16.1. The average molecular weight is 287 g/mol. The van der Waals surface area contributed by atoms with Crippen LogP contribution in [0.1, 0.15) is 19.8 Å². The van der Waals surface area contributed by atoms with Crippen molar-refractivity contribution < 1.29 is 0 Å². The lowest BCUT2D eigenvalue weighted by Gasteiger charge is -2.37. The first kappa shape index (κ1) is 14.2. The van der Waals surface area contributed by atoms with Gasteiger partial charge in [0.1, 0.15) is 5.52 Å². The molecule has 1 aliphatic heterocycles. The minimum atomic E-state index is -0.0809. The van der Waals surface area contributed by atoms with Crippen LogP contribution in [0.3, 0.4) is 0 Å². The van der Waals surface area contributed by atoms with Crippen molar-refractivity contribution in [1.82, 2.24) is 19.9 Å². The molecule has 2 atom stereocenters. The molecule has 6 nitrogen and oxygen atoms in total. The number of likely N-dealkylation sites (tertiary alicyclic amines) is 1. The highest BCUT2D eigenvalue weighted by Crippen LogP contribution is 2.21. The van der Waals surface area contributed by atoms with E-state index in [0.29, 0.717) is 36.1 Å². The SMILES string of the molecule is CC1CCC(CN)CN1Cn1nnc2ccccc2c1=O. The fraction of sp³-hybridized carbons (Fsp3) is 0.533. The summed E-state index contributed by atoms with van der Waals surface area (Å²) in [5, 5.41) is 8.82. The first-order valence-corrected chi connectivity index (χ1v) is 7.45. The maximum absolute atomic E-state index is 12.5. The van der Waals surface area contributed by atoms with Gasteiger partial charge < -0.3 is 5.73 Å². The van der Waals surface area contributed by atoms with Crippen molar-refractivity contribution in [3.63, 3.8) is 0 Å². The molecule has 0 bridgehead atoms. The molecule has 2 heterocycles. The third kappa shape index (κ3) is 2.82. The molecule has 1 aliphatic rings. The van der Waals surface area contributed by atoms with Crippen LogP contribution in [-0.4, -0.2) is 39.0 Å². The molecule has 0 saturated carbocycles. The van der Waals surface area contributed by atoms with Gasteiger partial charge in [0, 0.05) is 12.6 Å². The van der Waals surface area contributed by atoms with Crippen molar-refractivity contribution in [2.45, 2.75) is 32.5 Å². The van der Waals surface area contributed by atoms with Crippen molar-refractivity contribution in [2.75, 3.05) is 13.1 Å². The van der Waals surface area contributed by atoms with Gasteiger partial charge in [-0.3, -0.25) is 9.69 Å². The van der Waals surface area contributed by atoms with Crippen LogP contribution in [0.15, 0.2) is 29.1 Å². The van der Waals surface area contributed by atoms with Gasteiger partial charge in [-0.05, 0) is 44.4 Å². The van der Waals surface area contributed by atoms with E-state index in [1.807, 2.05) is 18.2 Å². The minimum Gasteiger partial charge on any atom is -0.330 e. The molecule has 3 rings (SSSR count). The maximum atomic E-state index is 12.5. The second-order valence-electron chi connectivity index (χ2n) is 5.85. The summed E-state index contributed by atoms with van der Waals surface area (Å²) in [6.07, 6.45) is 2.27. The van der Waals surface area contributed by atoms with Crippen LogP contribution in [0.25, 0.3) is 10.9 Å². The number of aromatic nitrogens is 3. The number of fused-ring (bicyclic) bond motifs is 1. The summed E-state index contributed by atoms with van der Waals surface area (Å²) in [5.74, 6) is 0.505. The number of nitrogens with two attached hydrogens (primary N) is 1. The van der Waals surface area contributed by atoms with Crippen molar-refractivity contribution in [2.24, 2.45) is 11.7 Å². The molecule has 112 valence electrons. The van der Waals surface area contributed by atoms with Gasteiger partial charge in [0.25, 0.3) is 5.56 Å². The summed E-state index contributed by atoms with van der Waals surface area (Å²) in [6.45, 7) is 4.28. The van der Waals surface area contributed by atoms with Crippen molar-refractivity contribution in [1.29, 1.82) is 0 Å². The minimum absolute atomic E-state index is 0.0809. The van der Waals surface area contributed by atoms with E-state index >= 15 is 0 Å². The van der Waals surface area contributed by atoms with Gasteiger partial charge in [0.05, 0.1) is 12.1 Å². The smallest absolute Gasteiger partial charge is 0.278 e. The van der Waals surface area contributed by atoms with E-state index in [1.54, 1.807) is 6.07 Å². The number of nitrogens with zero attached hydrogens (tertiary/aromatic N) is 4. The second kappa shape index (κ2) is 5.91. The molecule has 1 saturated heterocycles. The molecule has 2 N–H and O–H groups in total. The molecule has 2 unspecified atom stereocenters. The van der Waals surface area contributed by atoms with E-state index in [-0.39, 0.29) is 5.56 Å². The Labute approximate surface area is 123 Å². The zero-order valence-corrected chi connectivity index (χ0v) is 12.3. The lowest BCUT2D eigenvalue weighted by atomic mass is 9.94. The molecule has 1 aromatic heterocycles. The molecule has 1 aromatic carbocycles. The lowest BCUT2D eigenvalue weighted by molar-refractivity contribution is 0.0796. The number of piperidine rings is 1. The Morgan fingerprint density at radius 3 is 2.95 bits per heavy atom. The van der Waals surface area contributed by atoms with E-state index in [9.17, 15) is 4.79 Å². The van der Waals surface area contributed by atoms with E-state index in [4.69, 9.17) is 5.73 Å². The largest absolute Gasteiger partial charge is 0.330 e. The number of benzene rings is 1. The maximum Gasteiger partial charge on any atom is 0.278 e. The third-order valence-electron chi connectivity index (χ3n) is 4.39. The summed E-state index contributed by atoms with van der Waals surface area (Å²) in [5.41, 5.74) is 6.35. The Bertz CT molecular complexity index is 683. The van der Waals surface area contributed by atoms with Gasteiger partial charge in [-0.15, -0.1) is 5.10 Å². The summed E-state index contributed by atoms with van der Waals surface area (Å²) in [7, 11) is 0. The zero-order valence-electron chi connectivity index (χ0n) is 12.3. The molecular formula is C15H21N5O. The summed E-state index contributed by atoms with van der Waals surface area (Å²) < 4.78 is 1.46. The summed E-state index contributed by atoms with van der Waals surface area (Å²) in [4.78, 5) is 14.7. The fourth-order valence-corrected chi connectivity index (χ4v) is 2.94. The first-order chi connectivity index (χ1) is 10.2. The van der Waals surface area contributed by atoms with Gasteiger partial charge in [-0.1, -0.05) is 17.3 Å². The normalized spacial score (nSPS) is 23.5. The predicted molar refractivity (Wildman–Crippen MR) is 81.7 cm³/mol.